The van der Waals surface area contributed by atoms with Gasteiger partial charge in [-0.3, -0.25) is 4.79 Å². The van der Waals surface area contributed by atoms with Gasteiger partial charge in [-0.05, 0) is 60.5 Å². The van der Waals surface area contributed by atoms with Crippen molar-refractivity contribution in [2.45, 2.75) is 11.3 Å². The molecule has 0 radical (unpaired) electrons. The third-order valence-corrected chi connectivity index (χ3v) is 5.62. The van der Waals surface area contributed by atoms with E-state index >= 15 is 0 Å². The monoisotopic (exact) mass is 395 g/mol. The Balaban J connectivity index is 1.59. The van der Waals surface area contributed by atoms with Crippen LogP contribution in [0.1, 0.15) is 15.9 Å². The molecule has 7 heteroatoms. The number of hydrogen-bond acceptors (Lipinski definition) is 4. The van der Waals surface area contributed by atoms with E-state index in [4.69, 9.17) is 5.73 Å². The fraction of sp³-hybridized carbons (Fsp3) is 0.0952. The lowest BCUT2D eigenvalue weighted by molar-refractivity contribution is 0.102. The van der Waals surface area contributed by atoms with Gasteiger partial charge in [-0.25, -0.2) is 13.1 Å². The van der Waals surface area contributed by atoms with E-state index in [-0.39, 0.29) is 10.8 Å². The zero-order chi connectivity index (χ0) is 20.0. The number of rotatable bonds is 7. The molecular weight excluding hydrogens is 374 g/mol. The Labute approximate surface area is 164 Å². The highest BCUT2D eigenvalue weighted by Gasteiger charge is 2.14. The number of nitrogen functional groups attached to an aromatic ring is 1. The van der Waals surface area contributed by atoms with Crippen molar-refractivity contribution in [1.29, 1.82) is 0 Å². The molecule has 0 atom stereocenters. The maximum atomic E-state index is 12.4. The molecule has 0 bridgehead atoms. The topological polar surface area (TPSA) is 101 Å². The van der Waals surface area contributed by atoms with E-state index < -0.39 is 10.0 Å². The summed E-state index contributed by atoms with van der Waals surface area (Å²) in [7, 11) is -3.61. The van der Waals surface area contributed by atoms with Gasteiger partial charge in [0.15, 0.2) is 0 Å². The van der Waals surface area contributed by atoms with Crippen molar-refractivity contribution in [2.24, 2.45) is 0 Å². The maximum Gasteiger partial charge on any atom is 0.255 e. The van der Waals surface area contributed by atoms with Gasteiger partial charge in [0.05, 0.1) is 4.90 Å². The van der Waals surface area contributed by atoms with Gasteiger partial charge in [0.25, 0.3) is 5.91 Å². The summed E-state index contributed by atoms with van der Waals surface area (Å²) in [5.74, 6) is -0.295. The molecule has 3 aromatic rings. The standard InChI is InChI=1S/C21H21N3O3S/c22-18-8-6-17(7-9-18)21(25)24-19-10-12-20(13-11-19)28(26,27)23-15-14-16-4-2-1-3-5-16/h1-13,23H,14-15,22H2,(H,24,25). The number of hydrogen-bond donors (Lipinski definition) is 3. The van der Waals surface area contributed by atoms with Crippen LogP contribution in [0.4, 0.5) is 11.4 Å². The average Bonchev–Trinajstić information content (AvgIpc) is 2.69. The Kier molecular flexibility index (Phi) is 6.08. The van der Waals surface area contributed by atoms with Crippen LogP contribution < -0.4 is 15.8 Å². The molecular formula is C21H21N3O3S. The zero-order valence-corrected chi connectivity index (χ0v) is 15.9. The Morgan fingerprint density at radius 1 is 0.857 bits per heavy atom. The summed E-state index contributed by atoms with van der Waals surface area (Å²) in [5, 5.41) is 2.73. The minimum Gasteiger partial charge on any atom is -0.399 e. The molecule has 0 aliphatic rings. The zero-order valence-electron chi connectivity index (χ0n) is 15.1. The molecule has 6 nitrogen and oxygen atoms in total. The number of nitrogens with one attached hydrogen (secondary N) is 2. The van der Waals surface area contributed by atoms with Crippen LogP contribution >= 0.6 is 0 Å². The lowest BCUT2D eigenvalue weighted by Crippen LogP contribution is -2.26. The summed E-state index contributed by atoms with van der Waals surface area (Å²) in [6, 6.07) is 22.2. The molecule has 0 saturated carbocycles. The first-order chi connectivity index (χ1) is 13.4. The number of carbonyl (C=O) groups is 1. The number of carbonyl (C=O) groups excluding carboxylic acids is 1. The van der Waals surface area contributed by atoms with Crippen LogP contribution in [-0.2, 0) is 16.4 Å². The van der Waals surface area contributed by atoms with E-state index in [1.165, 1.54) is 12.1 Å². The number of sulfonamides is 1. The van der Waals surface area contributed by atoms with Crippen LogP contribution in [0.15, 0.2) is 83.8 Å². The van der Waals surface area contributed by atoms with E-state index in [0.29, 0.717) is 29.9 Å². The molecule has 144 valence electrons. The highest BCUT2D eigenvalue weighted by atomic mass is 32.2. The lowest BCUT2D eigenvalue weighted by atomic mass is 10.2. The highest BCUT2D eigenvalue weighted by molar-refractivity contribution is 7.89. The van der Waals surface area contributed by atoms with E-state index in [1.807, 2.05) is 30.3 Å². The minimum absolute atomic E-state index is 0.144. The van der Waals surface area contributed by atoms with Crippen LogP contribution in [0, 0.1) is 0 Å². The Bertz CT molecular complexity index is 1030. The molecule has 0 aromatic heterocycles. The minimum atomic E-state index is -3.61. The molecule has 1 amide bonds. The van der Waals surface area contributed by atoms with Crippen molar-refractivity contribution in [3.05, 3.63) is 90.0 Å². The summed E-state index contributed by atoms with van der Waals surface area (Å²) >= 11 is 0. The SMILES string of the molecule is Nc1ccc(C(=O)Nc2ccc(S(=O)(=O)NCCc3ccccc3)cc2)cc1. The third kappa shape index (κ3) is 5.18. The fourth-order valence-electron chi connectivity index (χ4n) is 2.61. The van der Waals surface area contributed by atoms with E-state index in [9.17, 15) is 13.2 Å². The van der Waals surface area contributed by atoms with E-state index in [0.717, 1.165) is 5.56 Å². The molecule has 28 heavy (non-hydrogen) atoms. The summed E-state index contributed by atoms with van der Waals surface area (Å²) in [4.78, 5) is 12.3. The first kappa shape index (κ1) is 19.6. The number of anilines is 2. The second-order valence-electron chi connectivity index (χ2n) is 6.23. The van der Waals surface area contributed by atoms with Crippen LogP contribution in [0.3, 0.4) is 0 Å². The fourth-order valence-corrected chi connectivity index (χ4v) is 3.64. The smallest absolute Gasteiger partial charge is 0.255 e. The normalized spacial score (nSPS) is 11.1. The summed E-state index contributed by atoms with van der Waals surface area (Å²) in [6.07, 6.45) is 0.607. The predicted molar refractivity (Wildman–Crippen MR) is 111 cm³/mol. The first-order valence-corrected chi connectivity index (χ1v) is 10.2. The van der Waals surface area contributed by atoms with Crippen LogP contribution in [0.5, 0.6) is 0 Å². The van der Waals surface area contributed by atoms with E-state index in [2.05, 4.69) is 10.0 Å². The van der Waals surface area contributed by atoms with Crippen molar-refractivity contribution < 1.29 is 13.2 Å². The maximum absolute atomic E-state index is 12.4. The molecule has 0 aliphatic heterocycles. The van der Waals surface area contributed by atoms with Gasteiger partial charge in [0.1, 0.15) is 0 Å². The molecule has 3 aromatic carbocycles. The second-order valence-corrected chi connectivity index (χ2v) is 8.00. The molecule has 4 N–H and O–H groups in total. The molecule has 0 aliphatic carbocycles. The van der Waals surface area contributed by atoms with Gasteiger partial charge in [-0.2, -0.15) is 0 Å². The van der Waals surface area contributed by atoms with Gasteiger partial charge in [0, 0.05) is 23.5 Å². The van der Waals surface area contributed by atoms with Gasteiger partial charge < -0.3 is 11.1 Å². The van der Waals surface area contributed by atoms with Gasteiger partial charge in [-0.15, -0.1) is 0 Å². The molecule has 3 rings (SSSR count). The van der Waals surface area contributed by atoms with Crippen molar-refractivity contribution >= 4 is 27.3 Å². The van der Waals surface area contributed by atoms with Crippen LogP contribution in [0.2, 0.25) is 0 Å². The third-order valence-electron chi connectivity index (χ3n) is 4.14. The largest absolute Gasteiger partial charge is 0.399 e. The summed E-state index contributed by atoms with van der Waals surface area (Å²) < 4.78 is 27.4. The molecule has 0 saturated heterocycles. The second kappa shape index (κ2) is 8.69. The van der Waals surface area contributed by atoms with Crippen LogP contribution in [-0.4, -0.2) is 20.9 Å². The predicted octanol–water partition coefficient (Wildman–Crippen LogP) is 3.04. The van der Waals surface area contributed by atoms with Gasteiger partial charge >= 0.3 is 0 Å². The summed E-state index contributed by atoms with van der Waals surface area (Å²) in [6.45, 7) is 0.308. The Morgan fingerprint density at radius 3 is 2.14 bits per heavy atom. The van der Waals surface area contributed by atoms with Crippen molar-refractivity contribution in [1.82, 2.24) is 4.72 Å². The van der Waals surface area contributed by atoms with Crippen molar-refractivity contribution in [2.75, 3.05) is 17.6 Å². The Morgan fingerprint density at radius 2 is 1.50 bits per heavy atom. The average molecular weight is 395 g/mol. The number of benzene rings is 3. The van der Waals surface area contributed by atoms with E-state index in [1.54, 1.807) is 36.4 Å². The number of amides is 1. The first-order valence-electron chi connectivity index (χ1n) is 8.74. The molecule has 0 fully saturated rings. The Hall–Kier alpha value is -3.16. The molecule has 0 spiro atoms. The van der Waals surface area contributed by atoms with Gasteiger partial charge in [-0.1, -0.05) is 30.3 Å². The van der Waals surface area contributed by atoms with Crippen molar-refractivity contribution in [3.8, 4) is 0 Å². The number of nitrogens with two attached hydrogens (primary N) is 1. The highest BCUT2D eigenvalue weighted by Crippen LogP contribution is 2.15. The summed E-state index contributed by atoms with van der Waals surface area (Å²) in [5.41, 5.74) is 8.22. The molecule has 0 unspecified atom stereocenters. The van der Waals surface area contributed by atoms with Gasteiger partial charge in [0.2, 0.25) is 10.0 Å². The molecule has 0 heterocycles. The van der Waals surface area contributed by atoms with Crippen molar-refractivity contribution in [3.63, 3.8) is 0 Å². The quantitative estimate of drug-likeness (QED) is 0.535. The van der Waals surface area contributed by atoms with Crippen LogP contribution in [0.25, 0.3) is 0 Å². The lowest BCUT2D eigenvalue weighted by Gasteiger charge is -2.09.